The van der Waals surface area contributed by atoms with Gasteiger partial charge in [0.05, 0.1) is 6.10 Å². The molecule has 2 N–H and O–H groups in total. The maximum atomic E-state index is 12.7. The molecule has 3 heterocycles. The first-order chi connectivity index (χ1) is 15.6. The Labute approximate surface area is 185 Å². The van der Waals surface area contributed by atoms with Gasteiger partial charge in [-0.3, -0.25) is 14.6 Å². The normalized spacial score (nSPS) is 16.7. The highest BCUT2D eigenvalue weighted by Crippen LogP contribution is 2.37. The van der Waals surface area contributed by atoms with E-state index in [1.54, 1.807) is 47.6 Å². The molecule has 0 bridgehead atoms. The van der Waals surface area contributed by atoms with E-state index in [-0.39, 0.29) is 11.8 Å². The number of nitrogens with zero attached hydrogens (tertiary/aromatic N) is 2. The number of amides is 2. The van der Waals surface area contributed by atoms with Gasteiger partial charge in [0.2, 0.25) is 0 Å². The first kappa shape index (κ1) is 20.2. The molecule has 2 aliphatic rings. The minimum Gasteiger partial charge on any atom is -0.488 e. The number of benzene rings is 2. The van der Waals surface area contributed by atoms with Gasteiger partial charge < -0.3 is 20.1 Å². The topological polar surface area (TPSA) is 91.8 Å². The second-order valence-corrected chi connectivity index (χ2v) is 8.11. The van der Waals surface area contributed by atoms with Gasteiger partial charge >= 0.3 is 0 Å². The molecule has 0 spiro atoms. The van der Waals surface area contributed by atoms with Gasteiger partial charge in [-0.1, -0.05) is 12.1 Å². The molecule has 1 fully saturated rings. The van der Waals surface area contributed by atoms with Crippen LogP contribution in [0.25, 0.3) is 11.1 Å². The number of rotatable bonds is 4. The first-order valence-corrected chi connectivity index (χ1v) is 10.6. The molecular weight excluding hydrogens is 406 g/mol. The molecule has 5 rings (SSSR count). The summed E-state index contributed by atoms with van der Waals surface area (Å²) in [6, 6.07) is 14.6. The Morgan fingerprint density at radius 1 is 1.12 bits per heavy atom. The van der Waals surface area contributed by atoms with Gasteiger partial charge in [-0.25, -0.2) is 0 Å². The number of carbonyl (C=O) groups excluding carboxylic acids is 2. The lowest BCUT2D eigenvalue weighted by Gasteiger charge is -2.20. The number of likely N-dealkylation sites (tertiary alicyclic amines) is 1. The van der Waals surface area contributed by atoms with Crippen molar-refractivity contribution in [3.63, 3.8) is 0 Å². The van der Waals surface area contributed by atoms with Crippen molar-refractivity contribution in [2.75, 3.05) is 13.1 Å². The Hall–Kier alpha value is -3.71. The van der Waals surface area contributed by atoms with Gasteiger partial charge in [-0.05, 0) is 53.9 Å². The largest absolute Gasteiger partial charge is 0.488 e. The van der Waals surface area contributed by atoms with Crippen LogP contribution in [0.5, 0.6) is 5.75 Å². The smallest absolute Gasteiger partial charge is 0.253 e. The third-order valence-electron chi connectivity index (χ3n) is 5.90. The summed E-state index contributed by atoms with van der Waals surface area (Å²) in [5, 5.41) is 12.6. The molecule has 1 aromatic heterocycles. The highest BCUT2D eigenvalue weighted by molar-refractivity contribution is 5.96. The van der Waals surface area contributed by atoms with Gasteiger partial charge in [0, 0.05) is 54.3 Å². The molecule has 2 aliphatic heterocycles. The van der Waals surface area contributed by atoms with Crippen molar-refractivity contribution in [2.24, 2.45) is 0 Å². The number of aromatic nitrogens is 1. The van der Waals surface area contributed by atoms with Gasteiger partial charge in [-0.15, -0.1) is 0 Å². The van der Waals surface area contributed by atoms with E-state index < -0.39 is 6.10 Å². The van der Waals surface area contributed by atoms with E-state index in [4.69, 9.17) is 4.74 Å². The van der Waals surface area contributed by atoms with Crippen molar-refractivity contribution in [2.45, 2.75) is 25.7 Å². The Morgan fingerprint density at radius 2 is 2.03 bits per heavy atom. The molecule has 7 heteroatoms. The van der Waals surface area contributed by atoms with Gasteiger partial charge in [0.25, 0.3) is 11.8 Å². The summed E-state index contributed by atoms with van der Waals surface area (Å²) in [6.45, 7) is 1.65. The monoisotopic (exact) mass is 429 g/mol. The molecule has 7 nitrogen and oxygen atoms in total. The third kappa shape index (κ3) is 3.94. The predicted octanol–water partition coefficient (Wildman–Crippen LogP) is 2.78. The molecule has 0 saturated carbocycles. The molecule has 0 aliphatic carbocycles. The number of hydrogen-bond donors (Lipinski definition) is 2. The summed E-state index contributed by atoms with van der Waals surface area (Å²) in [6.07, 6.45) is 3.70. The number of nitrogens with one attached hydrogen (secondary N) is 1. The van der Waals surface area contributed by atoms with Crippen LogP contribution in [0.1, 0.15) is 38.3 Å². The van der Waals surface area contributed by atoms with Crippen LogP contribution in [-0.2, 0) is 13.2 Å². The fraction of sp³-hybridized carbons (Fsp3) is 0.240. The van der Waals surface area contributed by atoms with Crippen molar-refractivity contribution in [1.82, 2.24) is 15.2 Å². The summed E-state index contributed by atoms with van der Waals surface area (Å²) in [5.74, 6) is 0.366. The summed E-state index contributed by atoms with van der Waals surface area (Å²) < 4.78 is 5.82. The lowest BCUT2D eigenvalue weighted by molar-refractivity contribution is 0.0765. The van der Waals surface area contributed by atoms with E-state index in [0.717, 1.165) is 22.3 Å². The van der Waals surface area contributed by atoms with Crippen LogP contribution in [-0.4, -0.2) is 46.0 Å². The van der Waals surface area contributed by atoms with Crippen LogP contribution in [0.15, 0.2) is 60.9 Å². The van der Waals surface area contributed by atoms with E-state index in [9.17, 15) is 14.7 Å². The van der Waals surface area contributed by atoms with E-state index in [1.165, 1.54) is 0 Å². The minimum absolute atomic E-state index is 0.1000. The Morgan fingerprint density at radius 3 is 2.88 bits per heavy atom. The highest BCUT2D eigenvalue weighted by atomic mass is 16.5. The van der Waals surface area contributed by atoms with Crippen LogP contribution < -0.4 is 10.1 Å². The SMILES string of the molecule is O=C(NCc1cccc(C(=O)N2CC[C@H](O)C2)c1)c1ccc2c(c1)OCc1cnccc1-2. The van der Waals surface area contributed by atoms with Crippen LogP contribution in [0, 0.1) is 0 Å². The van der Waals surface area contributed by atoms with E-state index in [0.29, 0.717) is 49.5 Å². The van der Waals surface area contributed by atoms with Gasteiger partial charge in [-0.2, -0.15) is 0 Å². The average Bonchev–Trinajstić information content (AvgIpc) is 3.28. The second kappa shape index (κ2) is 8.43. The molecule has 32 heavy (non-hydrogen) atoms. The quantitative estimate of drug-likeness (QED) is 0.666. The molecule has 3 aromatic rings. The zero-order valence-corrected chi connectivity index (χ0v) is 17.5. The van der Waals surface area contributed by atoms with Gasteiger partial charge in [0.15, 0.2) is 0 Å². The molecular formula is C25H23N3O4. The number of hydrogen-bond acceptors (Lipinski definition) is 5. The van der Waals surface area contributed by atoms with Crippen LogP contribution >= 0.6 is 0 Å². The zero-order chi connectivity index (χ0) is 22.1. The Kier molecular flexibility index (Phi) is 5.33. The van der Waals surface area contributed by atoms with Crippen molar-refractivity contribution in [1.29, 1.82) is 0 Å². The standard InChI is InChI=1S/C25H23N3O4/c29-20-7-9-28(14-20)25(31)18-3-1-2-16(10-18)12-27-24(30)17-4-5-22-21-6-8-26-13-19(21)15-32-23(22)11-17/h1-6,8,10-11,13,20,29H,7,9,12,14-15H2,(H,27,30)/t20-/m0/s1. The fourth-order valence-electron chi connectivity index (χ4n) is 4.17. The number of fused-ring (bicyclic) bond motifs is 3. The molecule has 2 amide bonds. The van der Waals surface area contributed by atoms with Crippen molar-refractivity contribution in [3.05, 3.63) is 83.2 Å². The summed E-state index contributed by atoms with van der Waals surface area (Å²) in [7, 11) is 0. The van der Waals surface area contributed by atoms with Crippen LogP contribution in [0.3, 0.4) is 0 Å². The fourth-order valence-corrected chi connectivity index (χ4v) is 4.17. The number of ether oxygens (including phenoxy) is 1. The maximum Gasteiger partial charge on any atom is 0.253 e. The molecule has 1 saturated heterocycles. The summed E-state index contributed by atoms with van der Waals surface area (Å²) in [5.41, 5.74) is 4.94. The van der Waals surface area contributed by atoms with E-state index in [2.05, 4.69) is 10.3 Å². The molecule has 0 radical (unpaired) electrons. The molecule has 2 aromatic carbocycles. The number of aliphatic hydroxyl groups is 1. The van der Waals surface area contributed by atoms with Crippen molar-refractivity contribution >= 4 is 11.8 Å². The third-order valence-corrected chi connectivity index (χ3v) is 5.90. The van der Waals surface area contributed by atoms with Crippen LogP contribution in [0.4, 0.5) is 0 Å². The number of carbonyl (C=O) groups is 2. The average molecular weight is 429 g/mol. The maximum absolute atomic E-state index is 12.7. The first-order valence-electron chi connectivity index (χ1n) is 10.6. The minimum atomic E-state index is -0.452. The van der Waals surface area contributed by atoms with E-state index >= 15 is 0 Å². The van der Waals surface area contributed by atoms with Gasteiger partial charge in [0.1, 0.15) is 12.4 Å². The van der Waals surface area contributed by atoms with Crippen molar-refractivity contribution in [3.8, 4) is 16.9 Å². The predicted molar refractivity (Wildman–Crippen MR) is 118 cm³/mol. The Balaban J connectivity index is 1.26. The summed E-state index contributed by atoms with van der Waals surface area (Å²) >= 11 is 0. The molecule has 1 atom stereocenters. The lowest BCUT2D eigenvalue weighted by atomic mass is 9.97. The zero-order valence-electron chi connectivity index (χ0n) is 17.5. The number of aliphatic hydroxyl groups excluding tert-OH is 1. The highest BCUT2D eigenvalue weighted by Gasteiger charge is 2.25. The number of pyridine rings is 1. The van der Waals surface area contributed by atoms with Crippen LogP contribution in [0.2, 0.25) is 0 Å². The number of β-amino-alcohol motifs (C(OH)–C–C–N with tert-alkyl or cyclic N) is 1. The molecule has 162 valence electrons. The summed E-state index contributed by atoms with van der Waals surface area (Å²) in [4.78, 5) is 31.2. The lowest BCUT2D eigenvalue weighted by Crippen LogP contribution is -2.29. The Bertz CT molecular complexity index is 1190. The van der Waals surface area contributed by atoms with E-state index in [1.807, 2.05) is 18.2 Å². The second-order valence-electron chi connectivity index (χ2n) is 8.11. The molecule has 0 unspecified atom stereocenters. The van der Waals surface area contributed by atoms with Crippen molar-refractivity contribution < 1.29 is 19.4 Å².